The number of ether oxygens (including phenoxy) is 1. The molecule has 194 valence electrons. The van der Waals surface area contributed by atoms with Gasteiger partial charge in [-0.15, -0.1) is 10.2 Å². The molecule has 4 aromatic rings. The van der Waals surface area contributed by atoms with Gasteiger partial charge in [-0.1, -0.05) is 12.1 Å². The molecule has 0 unspecified atom stereocenters. The first-order chi connectivity index (χ1) is 17.8. The van der Waals surface area contributed by atoms with Gasteiger partial charge in [0.2, 0.25) is 0 Å². The first kappa shape index (κ1) is 24.2. The predicted molar refractivity (Wildman–Crippen MR) is 146 cm³/mol. The van der Waals surface area contributed by atoms with Crippen molar-refractivity contribution < 1.29 is 4.74 Å². The molecule has 0 amide bonds. The van der Waals surface area contributed by atoms with Crippen molar-refractivity contribution in [3.8, 4) is 11.1 Å². The Bertz CT molecular complexity index is 1490. The molecule has 1 spiro atoms. The van der Waals surface area contributed by atoms with Crippen molar-refractivity contribution >= 4 is 22.1 Å². The van der Waals surface area contributed by atoms with E-state index in [4.69, 9.17) is 9.72 Å². The Morgan fingerprint density at radius 3 is 2.43 bits per heavy atom. The Labute approximate surface area is 217 Å². The third-order valence-corrected chi connectivity index (χ3v) is 8.47. The minimum atomic E-state index is -0.0793. The lowest BCUT2D eigenvalue weighted by atomic mass is 9.94. The van der Waals surface area contributed by atoms with E-state index in [1.807, 2.05) is 32.2 Å². The molecule has 1 aliphatic heterocycles. The minimum Gasteiger partial charge on any atom is -0.371 e. The molecule has 0 N–H and O–H groups in total. The van der Waals surface area contributed by atoms with Gasteiger partial charge in [0.15, 0.2) is 5.65 Å². The molecule has 4 heterocycles. The second-order valence-electron chi connectivity index (χ2n) is 11.2. The summed E-state index contributed by atoms with van der Waals surface area (Å²) < 4.78 is 9.51. The van der Waals surface area contributed by atoms with Gasteiger partial charge in [-0.2, -0.15) is 0 Å². The summed E-state index contributed by atoms with van der Waals surface area (Å²) in [6.07, 6.45) is 7.46. The van der Waals surface area contributed by atoms with E-state index in [0.717, 1.165) is 51.8 Å². The number of hydrogen-bond donors (Lipinski definition) is 0. The van der Waals surface area contributed by atoms with Crippen LogP contribution in [-0.4, -0.2) is 55.5 Å². The highest BCUT2D eigenvalue weighted by molar-refractivity contribution is 6.02. The molecule has 37 heavy (non-hydrogen) atoms. The third-order valence-electron chi connectivity index (χ3n) is 8.47. The van der Waals surface area contributed by atoms with E-state index in [0.29, 0.717) is 5.65 Å². The number of fused-ring (bicyclic) bond motifs is 3. The maximum atomic E-state index is 12.9. The molecular formula is C29H36N6O2. The molecule has 8 nitrogen and oxygen atoms in total. The van der Waals surface area contributed by atoms with Crippen LogP contribution in [0.3, 0.4) is 0 Å². The molecule has 3 aromatic heterocycles. The van der Waals surface area contributed by atoms with Crippen LogP contribution in [0.5, 0.6) is 0 Å². The molecule has 1 saturated carbocycles. The fourth-order valence-electron chi connectivity index (χ4n) is 5.74. The molecule has 2 aliphatic rings. The van der Waals surface area contributed by atoms with Crippen molar-refractivity contribution in [3.63, 3.8) is 0 Å². The van der Waals surface area contributed by atoms with E-state index in [-0.39, 0.29) is 17.8 Å². The molecule has 8 heteroatoms. The number of piperidine rings is 1. The van der Waals surface area contributed by atoms with E-state index in [2.05, 4.69) is 40.2 Å². The molecule has 1 aromatic carbocycles. The van der Waals surface area contributed by atoms with Crippen LogP contribution in [0.2, 0.25) is 0 Å². The summed E-state index contributed by atoms with van der Waals surface area (Å²) in [6.45, 7) is 10.2. The van der Waals surface area contributed by atoms with Gasteiger partial charge in [0.25, 0.3) is 0 Å². The van der Waals surface area contributed by atoms with Gasteiger partial charge in [0, 0.05) is 36.8 Å². The lowest BCUT2D eigenvalue weighted by molar-refractivity contribution is 0.0372. The van der Waals surface area contributed by atoms with Crippen molar-refractivity contribution in [1.82, 2.24) is 29.2 Å². The summed E-state index contributed by atoms with van der Waals surface area (Å²) in [5.41, 5.74) is 5.80. The van der Waals surface area contributed by atoms with E-state index in [1.54, 1.807) is 16.2 Å². The smallest absolute Gasteiger partial charge is 0.330 e. The number of aryl methyl sites for hydroxylation is 1. The normalized spacial score (nSPS) is 18.3. The summed E-state index contributed by atoms with van der Waals surface area (Å²) >= 11 is 0. The van der Waals surface area contributed by atoms with Crippen LogP contribution in [-0.2, 0) is 11.8 Å². The average Bonchev–Trinajstić information content (AvgIpc) is 3.61. The zero-order valence-corrected chi connectivity index (χ0v) is 22.3. The monoisotopic (exact) mass is 500 g/mol. The molecular weight excluding hydrogens is 464 g/mol. The summed E-state index contributed by atoms with van der Waals surface area (Å²) in [5, 5.41) is 9.62. The van der Waals surface area contributed by atoms with E-state index in [9.17, 15) is 4.79 Å². The SMILES string of the molecule is CC(C)n1c(=O)n(C)c2nnc3ccc(-c4ccc([C@@H](C)OCCN5CCC6(CC5)CC6)nc4)cc3c21. The van der Waals surface area contributed by atoms with Crippen LogP contribution >= 0.6 is 0 Å². The number of aromatic nitrogens is 5. The zero-order chi connectivity index (χ0) is 25.7. The standard InChI is InChI=1S/C29H36N6O2/c1-19(2)35-26-23-17-21(5-8-25(23)31-32-27(26)33(4)28(35)36)22-6-7-24(30-18-22)20(3)37-16-15-34-13-11-29(9-10-29)12-14-34/h5-8,17-20H,9-16H2,1-4H3/t20-/m1/s1. The fourth-order valence-corrected chi connectivity index (χ4v) is 5.74. The van der Waals surface area contributed by atoms with Gasteiger partial charge in [0.1, 0.15) is 5.52 Å². The van der Waals surface area contributed by atoms with Crippen LogP contribution < -0.4 is 5.69 Å². The highest BCUT2D eigenvalue weighted by Crippen LogP contribution is 2.53. The van der Waals surface area contributed by atoms with Gasteiger partial charge < -0.3 is 9.64 Å². The fraction of sp³-hybridized carbons (Fsp3) is 0.517. The Hall–Kier alpha value is -3.10. The van der Waals surface area contributed by atoms with Crippen LogP contribution in [0.4, 0.5) is 0 Å². The second kappa shape index (κ2) is 9.33. The lowest BCUT2D eigenvalue weighted by Crippen LogP contribution is -2.36. The predicted octanol–water partition coefficient (Wildman–Crippen LogP) is 4.88. The second-order valence-corrected chi connectivity index (χ2v) is 11.2. The minimum absolute atomic E-state index is 0.0134. The first-order valence-electron chi connectivity index (χ1n) is 13.5. The maximum Gasteiger partial charge on any atom is 0.330 e. The molecule has 1 aliphatic carbocycles. The molecule has 1 atom stereocenters. The molecule has 1 saturated heterocycles. The summed E-state index contributed by atoms with van der Waals surface area (Å²) in [5.74, 6) is 0. The van der Waals surface area contributed by atoms with E-state index < -0.39 is 0 Å². The maximum absolute atomic E-state index is 12.9. The van der Waals surface area contributed by atoms with Crippen molar-refractivity contribution in [1.29, 1.82) is 0 Å². The topological polar surface area (TPSA) is 78.1 Å². The number of likely N-dealkylation sites (tertiary alicyclic amines) is 1. The summed E-state index contributed by atoms with van der Waals surface area (Å²) in [4.78, 5) is 20.1. The third kappa shape index (κ3) is 4.46. The quantitative estimate of drug-likeness (QED) is 0.360. The van der Waals surface area contributed by atoms with Gasteiger partial charge in [-0.05, 0) is 88.7 Å². The lowest BCUT2D eigenvalue weighted by Gasteiger charge is -2.32. The highest BCUT2D eigenvalue weighted by atomic mass is 16.5. The van der Waals surface area contributed by atoms with E-state index in [1.165, 1.54) is 38.8 Å². The number of hydrogen-bond acceptors (Lipinski definition) is 6. The van der Waals surface area contributed by atoms with Crippen LogP contribution in [0.25, 0.3) is 33.2 Å². The van der Waals surface area contributed by atoms with Crippen molar-refractivity contribution in [3.05, 3.63) is 52.7 Å². The molecule has 6 rings (SSSR count). The number of rotatable bonds is 7. The largest absolute Gasteiger partial charge is 0.371 e. The molecule has 2 fully saturated rings. The first-order valence-corrected chi connectivity index (χ1v) is 13.5. The molecule has 0 radical (unpaired) electrons. The van der Waals surface area contributed by atoms with Gasteiger partial charge in [-0.3, -0.25) is 14.1 Å². The van der Waals surface area contributed by atoms with Gasteiger partial charge in [-0.25, -0.2) is 4.79 Å². The highest BCUT2D eigenvalue weighted by Gasteiger charge is 2.44. The van der Waals surface area contributed by atoms with Crippen molar-refractivity contribution in [2.75, 3.05) is 26.2 Å². The Morgan fingerprint density at radius 1 is 1.00 bits per heavy atom. The van der Waals surface area contributed by atoms with Crippen LogP contribution in [0.1, 0.15) is 64.3 Å². The summed E-state index contributed by atoms with van der Waals surface area (Å²) in [6, 6.07) is 10.2. The average molecular weight is 501 g/mol. The van der Waals surface area contributed by atoms with Crippen LogP contribution in [0, 0.1) is 5.41 Å². The zero-order valence-electron chi connectivity index (χ0n) is 22.3. The number of nitrogens with zero attached hydrogens (tertiary/aromatic N) is 6. The van der Waals surface area contributed by atoms with Gasteiger partial charge >= 0.3 is 5.69 Å². The van der Waals surface area contributed by atoms with Gasteiger partial charge in [0.05, 0.1) is 23.9 Å². The van der Waals surface area contributed by atoms with Crippen LogP contribution in [0.15, 0.2) is 41.3 Å². The number of imidazole rings is 1. The number of pyridine rings is 1. The Balaban J connectivity index is 1.18. The van der Waals surface area contributed by atoms with Crippen molar-refractivity contribution in [2.45, 2.75) is 58.6 Å². The Morgan fingerprint density at radius 2 is 1.76 bits per heavy atom. The Kier molecular flexibility index (Phi) is 6.12. The van der Waals surface area contributed by atoms with Crippen molar-refractivity contribution in [2.24, 2.45) is 12.5 Å². The summed E-state index contributed by atoms with van der Waals surface area (Å²) in [7, 11) is 1.75. The number of benzene rings is 1. The molecule has 0 bridgehead atoms. The van der Waals surface area contributed by atoms with E-state index >= 15 is 0 Å².